The van der Waals surface area contributed by atoms with Crippen LogP contribution in [0, 0.1) is 23.1 Å². The molecule has 0 radical (unpaired) electrons. The summed E-state index contributed by atoms with van der Waals surface area (Å²) < 4.78 is 16.3. The second-order valence-electron chi connectivity index (χ2n) is 10.2. The number of halogens is 2. The minimum Gasteiger partial charge on any atom is -0.355 e. The van der Waals surface area contributed by atoms with E-state index in [4.69, 9.17) is 16.6 Å². The van der Waals surface area contributed by atoms with Crippen LogP contribution in [0.2, 0.25) is 5.02 Å². The van der Waals surface area contributed by atoms with Crippen molar-refractivity contribution in [1.82, 2.24) is 24.6 Å². The number of likely N-dealkylation sites (tertiary alicyclic amines) is 1. The Morgan fingerprint density at radius 1 is 1.32 bits per heavy atom. The lowest BCUT2D eigenvalue weighted by atomic mass is 9.91. The predicted molar refractivity (Wildman–Crippen MR) is 140 cm³/mol. The quantitative estimate of drug-likeness (QED) is 0.412. The first kappa shape index (κ1) is 25.6. The van der Waals surface area contributed by atoms with E-state index in [-0.39, 0.29) is 5.69 Å². The van der Waals surface area contributed by atoms with Crippen LogP contribution in [0.4, 0.5) is 10.2 Å². The van der Waals surface area contributed by atoms with E-state index in [1.165, 1.54) is 18.9 Å². The zero-order chi connectivity index (χ0) is 26.1. The molecule has 4 unspecified atom stereocenters. The van der Waals surface area contributed by atoms with Crippen molar-refractivity contribution >= 4 is 34.9 Å². The third kappa shape index (κ3) is 4.92. The normalized spacial score (nSPS) is 23.3. The largest absolute Gasteiger partial charge is 0.355 e. The molecule has 2 aliphatic heterocycles. The fourth-order valence-electron chi connectivity index (χ4n) is 6.07. The molecule has 5 rings (SSSR count). The molecule has 0 bridgehead atoms. The molecule has 3 aromatic rings. The Hall–Kier alpha value is -3.09. The van der Waals surface area contributed by atoms with Crippen LogP contribution in [0.3, 0.4) is 0 Å². The molecular weight excluding hydrogens is 493 g/mol. The van der Waals surface area contributed by atoms with Crippen molar-refractivity contribution in [2.75, 3.05) is 24.5 Å². The van der Waals surface area contributed by atoms with Gasteiger partial charge in [0, 0.05) is 42.2 Å². The fourth-order valence-corrected chi connectivity index (χ4v) is 6.23. The van der Waals surface area contributed by atoms with Crippen LogP contribution in [0.25, 0.3) is 11.2 Å². The van der Waals surface area contributed by atoms with E-state index in [1.54, 1.807) is 23.0 Å². The average Bonchev–Trinajstić information content (AvgIpc) is 3.51. The van der Waals surface area contributed by atoms with Crippen molar-refractivity contribution in [3.8, 4) is 6.07 Å². The lowest BCUT2D eigenvalue weighted by Gasteiger charge is -2.43. The molecule has 2 fully saturated rings. The maximum absolute atomic E-state index is 14.7. The lowest BCUT2D eigenvalue weighted by molar-refractivity contribution is -0.108. The molecule has 0 spiro atoms. The summed E-state index contributed by atoms with van der Waals surface area (Å²) in [7, 11) is 0. The first-order valence-corrected chi connectivity index (χ1v) is 13.3. The van der Waals surface area contributed by atoms with E-state index in [0.29, 0.717) is 46.2 Å². The molecule has 2 aliphatic rings. The van der Waals surface area contributed by atoms with Crippen LogP contribution in [-0.4, -0.2) is 62.7 Å². The number of carbonyl (C=O) groups excluding carboxylic acids is 1. The summed E-state index contributed by atoms with van der Waals surface area (Å²) in [6.45, 7) is 6.87. The van der Waals surface area contributed by atoms with Crippen LogP contribution in [-0.2, 0) is 4.79 Å². The van der Waals surface area contributed by atoms with Gasteiger partial charge in [0.05, 0.1) is 12.2 Å². The summed E-state index contributed by atoms with van der Waals surface area (Å²) in [6, 6.07) is 7.11. The molecular formula is C27H31ClFN7O. The Labute approximate surface area is 221 Å². The van der Waals surface area contributed by atoms with E-state index in [2.05, 4.69) is 32.9 Å². The number of nitriles is 1. The predicted octanol–water partition coefficient (Wildman–Crippen LogP) is 4.76. The van der Waals surface area contributed by atoms with Gasteiger partial charge in [-0.05, 0) is 57.2 Å². The summed E-state index contributed by atoms with van der Waals surface area (Å²) in [6.07, 6.45) is 7.67. The highest BCUT2D eigenvalue weighted by Gasteiger charge is 2.37. The van der Waals surface area contributed by atoms with Crippen molar-refractivity contribution in [1.29, 1.82) is 5.26 Å². The Morgan fingerprint density at radius 3 is 2.89 bits per heavy atom. The summed E-state index contributed by atoms with van der Waals surface area (Å²) >= 11 is 5.94. The van der Waals surface area contributed by atoms with Crippen LogP contribution >= 0.6 is 11.6 Å². The number of piperidine rings is 1. The number of benzene rings is 1. The monoisotopic (exact) mass is 523 g/mol. The number of hydrogen-bond acceptors (Lipinski definition) is 7. The van der Waals surface area contributed by atoms with Crippen molar-refractivity contribution in [3.63, 3.8) is 0 Å². The summed E-state index contributed by atoms with van der Waals surface area (Å²) in [5.74, 6) is 0.714. The minimum absolute atomic E-state index is 0.165. The van der Waals surface area contributed by atoms with Crippen molar-refractivity contribution < 1.29 is 9.18 Å². The van der Waals surface area contributed by atoms with Gasteiger partial charge in [-0.25, -0.2) is 19.0 Å². The molecule has 0 aliphatic carbocycles. The number of aromatic nitrogens is 4. The van der Waals surface area contributed by atoms with Gasteiger partial charge < -0.3 is 9.69 Å². The van der Waals surface area contributed by atoms with Crippen LogP contribution in [0.1, 0.15) is 63.3 Å². The molecule has 0 N–H and O–H groups in total. The van der Waals surface area contributed by atoms with Gasteiger partial charge in [-0.2, -0.15) is 10.4 Å². The van der Waals surface area contributed by atoms with E-state index in [1.807, 2.05) is 6.92 Å². The molecule has 0 amide bonds. The number of anilines is 1. The zero-order valence-electron chi connectivity index (χ0n) is 21.1. The molecule has 4 atom stereocenters. The van der Waals surface area contributed by atoms with E-state index in [0.717, 1.165) is 44.6 Å². The Morgan fingerprint density at radius 2 is 2.16 bits per heavy atom. The van der Waals surface area contributed by atoms with Gasteiger partial charge in [-0.15, -0.1) is 0 Å². The van der Waals surface area contributed by atoms with Gasteiger partial charge in [0.15, 0.2) is 11.3 Å². The highest BCUT2D eigenvalue weighted by molar-refractivity contribution is 6.30. The van der Waals surface area contributed by atoms with E-state index < -0.39 is 11.9 Å². The number of fused-ring (bicyclic) bond motifs is 1. The third-order valence-corrected chi connectivity index (χ3v) is 8.16. The van der Waals surface area contributed by atoms with Gasteiger partial charge in [0.1, 0.15) is 29.5 Å². The molecule has 2 aromatic heterocycles. The van der Waals surface area contributed by atoms with Gasteiger partial charge in [0.25, 0.3) is 0 Å². The number of rotatable bonds is 7. The van der Waals surface area contributed by atoms with E-state index in [9.17, 15) is 14.4 Å². The number of carbonyl (C=O) groups is 1. The topological polar surface area (TPSA) is 90.9 Å². The Bertz CT molecular complexity index is 1340. The SMILES string of the molecule is CC1CN(c2cnc3c(C#N)nn(C(C)c4ccc(Cl)cc4F)c3n2)CCC1N1CCCC1CCC=O. The second kappa shape index (κ2) is 10.7. The molecule has 37 heavy (non-hydrogen) atoms. The summed E-state index contributed by atoms with van der Waals surface area (Å²) in [5.41, 5.74) is 1.44. The van der Waals surface area contributed by atoms with Crippen LogP contribution in [0.15, 0.2) is 24.4 Å². The maximum atomic E-state index is 14.7. The maximum Gasteiger partial charge on any atom is 0.190 e. The molecule has 0 saturated carbocycles. The number of aldehydes is 1. The minimum atomic E-state index is -0.505. The van der Waals surface area contributed by atoms with Gasteiger partial charge in [0.2, 0.25) is 0 Å². The first-order valence-electron chi connectivity index (χ1n) is 13.0. The second-order valence-corrected chi connectivity index (χ2v) is 10.6. The lowest BCUT2D eigenvalue weighted by Crippen LogP contribution is -2.51. The first-order chi connectivity index (χ1) is 17.9. The van der Waals surface area contributed by atoms with Crippen LogP contribution < -0.4 is 4.90 Å². The average molecular weight is 524 g/mol. The van der Waals surface area contributed by atoms with E-state index >= 15 is 0 Å². The third-order valence-electron chi connectivity index (χ3n) is 7.93. The Kier molecular flexibility index (Phi) is 7.40. The number of nitrogens with zero attached hydrogens (tertiary/aromatic N) is 7. The molecule has 8 nitrogen and oxygen atoms in total. The van der Waals surface area contributed by atoms with Crippen molar-refractivity contribution in [2.24, 2.45) is 5.92 Å². The van der Waals surface area contributed by atoms with Crippen LogP contribution in [0.5, 0.6) is 0 Å². The highest BCUT2D eigenvalue weighted by atomic mass is 35.5. The molecule has 1 aromatic carbocycles. The van der Waals surface area contributed by atoms with Gasteiger partial charge >= 0.3 is 0 Å². The van der Waals surface area contributed by atoms with Crippen molar-refractivity contribution in [3.05, 3.63) is 46.5 Å². The van der Waals surface area contributed by atoms with Gasteiger partial charge in [-0.3, -0.25) is 4.90 Å². The smallest absolute Gasteiger partial charge is 0.190 e. The summed E-state index contributed by atoms with van der Waals surface area (Å²) in [4.78, 5) is 25.2. The van der Waals surface area contributed by atoms with Crippen molar-refractivity contribution in [2.45, 2.75) is 64.1 Å². The molecule has 194 valence electrons. The number of hydrogen-bond donors (Lipinski definition) is 0. The molecule has 4 heterocycles. The standard InChI is InChI=1S/C27H31ClFN7O/c1-17-16-34(11-9-24(17)35-10-3-5-20(35)6-4-12-37)25-15-31-26-23(14-30)33-36(27(26)32-25)18(2)21-8-7-19(28)13-22(21)29/h7-8,12-13,15,17-18,20,24H,3-6,9-11,16H2,1-2H3. The zero-order valence-corrected chi connectivity index (χ0v) is 21.9. The summed E-state index contributed by atoms with van der Waals surface area (Å²) in [5, 5.41) is 14.4. The molecule has 2 saturated heterocycles. The Balaban J connectivity index is 1.40. The van der Waals surface area contributed by atoms with Gasteiger partial charge in [-0.1, -0.05) is 24.6 Å². The highest BCUT2D eigenvalue weighted by Crippen LogP contribution is 2.33. The molecule has 10 heteroatoms. The fraction of sp³-hybridized carbons (Fsp3) is 0.519.